The molecule has 3 aromatic rings. The Kier molecular flexibility index (Phi) is 7.59. The zero-order valence-corrected chi connectivity index (χ0v) is 20.6. The van der Waals surface area contributed by atoms with Crippen molar-refractivity contribution in [2.45, 2.75) is 50.8 Å². The first-order chi connectivity index (χ1) is 17.1. The van der Waals surface area contributed by atoms with Crippen LogP contribution >= 0.6 is 11.3 Å². The largest absolute Gasteiger partial charge is 0.497 e. The maximum Gasteiger partial charge on any atom is 0.395 e. The molecule has 1 aliphatic carbocycles. The van der Waals surface area contributed by atoms with Gasteiger partial charge in [-0.15, -0.1) is 11.3 Å². The summed E-state index contributed by atoms with van der Waals surface area (Å²) in [5, 5.41) is 10.8. The number of thiophene rings is 1. The van der Waals surface area contributed by atoms with Crippen molar-refractivity contribution in [3.8, 4) is 21.9 Å². The van der Waals surface area contributed by atoms with Crippen molar-refractivity contribution in [1.82, 2.24) is 0 Å². The van der Waals surface area contributed by atoms with E-state index in [1.54, 1.807) is 23.6 Å². The molecule has 0 radical (unpaired) electrons. The molecule has 2 aromatic carbocycles. The molecule has 4 rings (SSSR count). The first-order valence-corrected chi connectivity index (χ1v) is 12.4. The predicted octanol–water partition coefficient (Wildman–Crippen LogP) is 7.78. The summed E-state index contributed by atoms with van der Waals surface area (Å²) in [6, 6.07) is 11.0. The highest BCUT2D eigenvalue weighted by Gasteiger charge is 2.40. The maximum atomic E-state index is 14.7. The highest BCUT2D eigenvalue weighted by Crippen LogP contribution is 2.47. The van der Waals surface area contributed by atoms with Gasteiger partial charge in [0.1, 0.15) is 23.9 Å². The molecule has 0 spiro atoms. The minimum Gasteiger partial charge on any atom is -0.497 e. The maximum absolute atomic E-state index is 14.7. The third-order valence-electron chi connectivity index (χ3n) is 6.52. The monoisotopic (exact) mass is 522 g/mol. The lowest BCUT2D eigenvalue weighted by Gasteiger charge is -2.20. The van der Waals surface area contributed by atoms with E-state index in [4.69, 9.17) is 9.47 Å². The van der Waals surface area contributed by atoms with Crippen LogP contribution in [0.1, 0.15) is 54.7 Å². The molecule has 1 unspecified atom stereocenters. The Bertz CT molecular complexity index is 1230. The predicted molar refractivity (Wildman–Crippen MR) is 129 cm³/mol. The molecule has 0 amide bonds. The Labute approximate surface area is 210 Å². The second-order valence-electron chi connectivity index (χ2n) is 9.02. The lowest BCUT2D eigenvalue weighted by atomic mass is 9.91. The van der Waals surface area contributed by atoms with Gasteiger partial charge in [0, 0.05) is 16.0 Å². The van der Waals surface area contributed by atoms with Crippen LogP contribution in [-0.2, 0) is 11.4 Å². The van der Waals surface area contributed by atoms with Crippen molar-refractivity contribution in [3.05, 3.63) is 70.4 Å². The molecule has 9 heteroatoms. The van der Waals surface area contributed by atoms with Gasteiger partial charge in [0.25, 0.3) is 0 Å². The zero-order chi connectivity index (χ0) is 26.0. The van der Waals surface area contributed by atoms with Crippen molar-refractivity contribution in [2.75, 3.05) is 7.11 Å². The fraction of sp³-hybridized carbons (Fsp3) is 0.370. The lowest BCUT2D eigenvalue weighted by molar-refractivity contribution is -0.146. The van der Waals surface area contributed by atoms with Crippen LogP contribution in [-0.4, -0.2) is 24.4 Å². The number of aliphatic carboxylic acids is 1. The van der Waals surface area contributed by atoms with Crippen LogP contribution in [0.15, 0.2) is 47.8 Å². The molecule has 1 aliphatic rings. The summed E-state index contributed by atoms with van der Waals surface area (Å²) in [5.41, 5.74) is 1.17. The van der Waals surface area contributed by atoms with Crippen LogP contribution in [0.3, 0.4) is 0 Å². The summed E-state index contributed by atoms with van der Waals surface area (Å²) in [4.78, 5) is 11.5. The first kappa shape index (κ1) is 26.0. The van der Waals surface area contributed by atoms with Crippen molar-refractivity contribution in [3.63, 3.8) is 0 Å². The van der Waals surface area contributed by atoms with Crippen molar-refractivity contribution in [2.24, 2.45) is 5.92 Å². The number of hydrogen-bond acceptors (Lipinski definition) is 4. The van der Waals surface area contributed by atoms with E-state index >= 15 is 0 Å². The number of benzene rings is 2. The minimum atomic E-state index is -4.53. The van der Waals surface area contributed by atoms with Crippen LogP contribution in [0, 0.1) is 11.7 Å². The van der Waals surface area contributed by atoms with Gasteiger partial charge in [0.05, 0.1) is 19.4 Å². The molecule has 1 N–H and O–H groups in total. The number of halogens is 4. The first-order valence-electron chi connectivity index (χ1n) is 11.5. The Morgan fingerprint density at radius 1 is 1.17 bits per heavy atom. The molecule has 1 aromatic heterocycles. The molecule has 36 heavy (non-hydrogen) atoms. The van der Waals surface area contributed by atoms with E-state index in [-0.39, 0.29) is 34.9 Å². The minimum absolute atomic E-state index is 0.0152. The zero-order valence-electron chi connectivity index (χ0n) is 19.8. The van der Waals surface area contributed by atoms with Gasteiger partial charge in [0.15, 0.2) is 0 Å². The van der Waals surface area contributed by atoms with Crippen LogP contribution in [0.25, 0.3) is 10.4 Å². The third kappa shape index (κ3) is 5.83. The van der Waals surface area contributed by atoms with Gasteiger partial charge >= 0.3 is 12.1 Å². The molecule has 1 heterocycles. The van der Waals surface area contributed by atoms with E-state index in [0.29, 0.717) is 23.0 Å². The standard InChI is InChI=1S/C27H26F4O4S/c1-15(27(29,30)31)25-18(14-36-26(25)22-11-19(34-2)8-9-23(22)28)13-35-20-5-3-4-17(10-20)21(12-24(32)33)16-6-7-16/h3-5,8-11,14-16,21H,6-7,12-13H2,1-2H3,(H,32,33)/t15?,21-/m0/s1. The third-order valence-corrected chi connectivity index (χ3v) is 7.60. The molecule has 0 saturated heterocycles. The van der Waals surface area contributed by atoms with Crippen molar-refractivity contribution < 1.29 is 36.9 Å². The number of methoxy groups -OCH3 is 1. The van der Waals surface area contributed by atoms with Gasteiger partial charge in [-0.1, -0.05) is 12.1 Å². The molecule has 0 bridgehead atoms. The Balaban J connectivity index is 1.64. The van der Waals surface area contributed by atoms with E-state index in [1.165, 1.54) is 25.3 Å². The normalized spacial score (nSPS) is 15.4. The lowest BCUT2D eigenvalue weighted by Crippen LogP contribution is -2.19. The summed E-state index contributed by atoms with van der Waals surface area (Å²) in [5.74, 6) is -2.40. The SMILES string of the molecule is COc1ccc(F)c(-c2scc(COc3cccc([C@@H](CC(=O)O)C4CC4)c3)c2C(C)C(F)(F)F)c1. The van der Waals surface area contributed by atoms with E-state index < -0.39 is 23.9 Å². The average Bonchev–Trinajstić information content (AvgIpc) is 3.59. The molecule has 1 fully saturated rings. The fourth-order valence-electron chi connectivity index (χ4n) is 4.41. The van der Waals surface area contributed by atoms with Crippen LogP contribution in [0.2, 0.25) is 0 Å². The molecule has 1 saturated carbocycles. The number of carbonyl (C=O) groups is 1. The van der Waals surface area contributed by atoms with Gasteiger partial charge < -0.3 is 14.6 Å². The molecule has 4 nitrogen and oxygen atoms in total. The number of hydrogen-bond donors (Lipinski definition) is 1. The fourth-order valence-corrected chi connectivity index (χ4v) is 5.58. The number of alkyl halides is 3. The van der Waals surface area contributed by atoms with Crippen molar-refractivity contribution in [1.29, 1.82) is 0 Å². The highest BCUT2D eigenvalue weighted by atomic mass is 32.1. The smallest absolute Gasteiger partial charge is 0.395 e. The van der Waals surface area contributed by atoms with E-state index in [0.717, 1.165) is 36.7 Å². The number of carboxylic acids is 1. The van der Waals surface area contributed by atoms with Crippen LogP contribution in [0.4, 0.5) is 17.6 Å². The summed E-state index contributed by atoms with van der Waals surface area (Å²) in [7, 11) is 1.41. The topological polar surface area (TPSA) is 55.8 Å². The molecule has 192 valence electrons. The van der Waals surface area contributed by atoms with E-state index in [9.17, 15) is 27.5 Å². The van der Waals surface area contributed by atoms with Gasteiger partial charge in [0.2, 0.25) is 0 Å². The Hall–Kier alpha value is -3.07. The number of ether oxygens (including phenoxy) is 2. The molecular weight excluding hydrogens is 496 g/mol. The number of carboxylic acid groups (broad SMARTS) is 1. The summed E-state index contributed by atoms with van der Waals surface area (Å²) in [6.07, 6.45) is -2.57. The summed E-state index contributed by atoms with van der Waals surface area (Å²) >= 11 is 1.03. The second-order valence-corrected chi connectivity index (χ2v) is 9.90. The highest BCUT2D eigenvalue weighted by molar-refractivity contribution is 7.14. The summed E-state index contributed by atoms with van der Waals surface area (Å²) < 4.78 is 67.2. The van der Waals surface area contributed by atoms with Gasteiger partial charge in [-0.2, -0.15) is 13.2 Å². The number of rotatable bonds is 10. The Morgan fingerprint density at radius 2 is 1.92 bits per heavy atom. The van der Waals surface area contributed by atoms with Gasteiger partial charge in [-0.25, -0.2) is 4.39 Å². The van der Waals surface area contributed by atoms with Gasteiger partial charge in [-0.3, -0.25) is 4.79 Å². The molecular formula is C27H26F4O4S. The van der Waals surface area contributed by atoms with Crippen LogP contribution in [0.5, 0.6) is 11.5 Å². The van der Waals surface area contributed by atoms with Crippen molar-refractivity contribution >= 4 is 17.3 Å². The molecule has 0 aliphatic heterocycles. The van der Waals surface area contributed by atoms with E-state index in [1.807, 2.05) is 6.07 Å². The Morgan fingerprint density at radius 3 is 2.56 bits per heavy atom. The van der Waals surface area contributed by atoms with Crippen LogP contribution < -0.4 is 9.47 Å². The second kappa shape index (κ2) is 10.5. The summed E-state index contributed by atoms with van der Waals surface area (Å²) in [6.45, 7) is 0.911. The average molecular weight is 523 g/mol. The molecule has 2 atom stereocenters. The quantitative estimate of drug-likeness (QED) is 0.276. The van der Waals surface area contributed by atoms with Gasteiger partial charge in [-0.05, 0) is 78.4 Å². The van der Waals surface area contributed by atoms with E-state index in [2.05, 4.69) is 0 Å².